The number of aliphatic carboxylic acids is 1. The first-order chi connectivity index (χ1) is 14.2. The van der Waals surface area contributed by atoms with Crippen LogP contribution < -0.4 is 0 Å². The fraction of sp³-hybridized carbons (Fsp3) is 0.920. The topological polar surface area (TPSA) is 54.4 Å². The van der Waals surface area contributed by atoms with Crippen molar-refractivity contribution in [2.75, 3.05) is 21.1 Å². The Morgan fingerprint density at radius 2 is 1.10 bits per heavy atom. The van der Waals surface area contributed by atoms with Crippen LogP contribution in [0.5, 0.6) is 0 Å². The molecule has 0 aromatic carbocycles. The summed E-state index contributed by atoms with van der Waals surface area (Å²) in [6.45, 7) is 2.26. The molecule has 0 aromatic heterocycles. The van der Waals surface area contributed by atoms with Gasteiger partial charge in [-0.15, -0.1) is 0 Å². The maximum Gasteiger partial charge on any atom is 0.314 e. The predicted molar refractivity (Wildman–Crippen MR) is 128 cm³/mol. The molecule has 0 spiro atoms. The highest BCUT2D eigenvalue weighted by atomic mass is 35.5. The molecule has 0 aliphatic rings. The summed E-state index contributed by atoms with van der Waals surface area (Å²) < 4.78 is 0.442. The zero-order valence-electron chi connectivity index (χ0n) is 20.3. The van der Waals surface area contributed by atoms with Crippen molar-refractivity contribution in [3.8, 4) is 0 Å². The van der Waals surface area contributed by atoms with Gasteiger partial charge in [-0.1, -0.05) is 108 Å². The van der Waals surface area contributed by atoms with Gasteiger partial charge in [-0.05, 0) is 6.42 Å². The quantitative estimate of drug-likeness (QED) is 0.0667. The van der Waals surface area contributed by atoms with E-state index in [1.165, 1.54) is 77.0 Å². The maximum absolute atomic E-state index is 12.3. The highest BCUT2D eigenvalue weighted by Crippen LogP contribution is 2.21. The molecule has 0 amide bonds. The third kappa shape index (κ3) is 16.1. The van der Waals surface area contributed by atoms with Crippen molar-refractivity contribution in [3.05, 3.63) is 0 Å². The van der Waals surface area contributed by atoms with E-state index < -0.39 is 11.9 Å². The summed E-state index contributed by atoms with van der Waals surface area (Å²) in [6, 6.07) is 0. The molecule has 2 unspecified atom stereocenters. The Morgan fingerprint density at radius 3 is 1.43 bits per heavy atom. The molecule has 0 saturated carbocycles. The number of carbonyl (C=O) groups excluding carboxylic acids is 1. The number of halogens is 1. The van der Waals surface area contributed by atoms with Crippen LogP contribution in [-0.2, 0) is 9.59 Å². The Kier molecular flexibility index (Phi) is 17.6. The Hall–Kier alpha value is -0.610. The first-order valence-electron chi connectivity index (χ1n) is 12.4. The summed E-state index contributed by atoms with van der Waals surface area (Å²) in [5.41, 5.74) is -0.379. The minimum atomic E-state index is -1.04. The molecule has 0 heterocycles. The van der Waals surface area contributed by atoms with Gasteiger partial charge in [-0.3, -0.25) is 9.59 Å². The molecule has 30 heavy (non-hydrogen) atoms. The summed E-state index contributed by atoms with van der Waals surface area (Å²) in [4.78, 5) is 23.8. The van der Waals surface area contributed by atoms with Gasteiger partial charge in [0.25, 0.3) is 0 Å². The van der Waals surface area contributed by atoms with Crippen molar-refractivity contribution in [1.29, 1.82) is 0 Å². The van der Waals surface area contributed by atoms with E-state index in [1.807, 2.05) is 21.1 Å². The Labute approximate surface area is 191 Å². The standard InChI is InChI=1S/C25H48ClNO3/c1-5-6-7-8-9-10-11-12-13-14-15-16-17-18-19-20-23(28)22(25(29)30)21-24(26)27(2,3)4/h22,24H,5-21H2,1-4H3/p+1. The van der Waals surface area contributed by atoms with Crippen molar-refractivity contribution in [1.82, 2.24) is 0 Å². The zero-order valence-corrected chi connectivity index (χ0v) is 21.0. The fourth-order valence-electron chi connectivity index (χ4n) is 3.73. The van der Waals surface area contributed by atoms with Crippen molar-refractivity contribution >= 4 is 23.4 Å². The van der Waals surface area contributed by atoms with Gasteiger partial charge in [-0.2, -0.15) is 0 Å². The van der Waals surface area contributed by atoms with Crippen LogP contribution in [0.15, 0.2) is 0 Å². The van der Waals surface area contributed by atoms with E-state index >= 15 is 0 Å². The largest absolute Gasteiger partial charge is 0.481 e. The van der Waals surface area contributed by atoms with Gasteiger partial charge in [0, 0.05) is 12.8 Å². The van der Waals surface area contributed by atoms with Crippen LogP contribution in [0, 0.1) is 5.92 Å². The Bertz CT molecular complexity index is 448. The molecule has 0 rings (SSSR count). The lowest BCUT2D eigenvalue weighted by molar-refractivity contribution is -0.883. The van der Waals surface area contributed by atoms with E-state index in [4.69, 9.17) is 11.6 Å². The summed E-state index contributed by atoms with van der Waals surface area (Å²) in [5, 5.41) is 9.40. The van der Waals surface area contributed by atoms with Crippen LogP contribution in [0.25, 0.3) is 0 Å². The number of nitrogens with zero attached hydrogens (tertiary/aromatic N) is 1. The minimum Gasteiger partial charge on any atom is -0.481 e. The Balaban J connectivity index is 3.66. The molecule has 4 nitrogen and oxygen atoms in total. The number of ketones is 1. The molecule has 2 atom stereocenters. The smallest absolute Gasteiger partial charge is 0.314 e. The molecule has 1 N–H and O–H groups in total. The van der Waals surface area contributed by atoms with Crippen LogP contribution in [0.2, 0.25) is 0 Å². The average Bonchev–Trinajstić information content (AvgIpc) is 2.67. The first-order valence-corrected chi connectivity index (χ1v) is 12.8. The van der Waals surface area contributed by atoms with Gasteiger partial charge in [-0.25, -0.2) is 0 Å². The van der Waals surface area contributed by atoms with Crippen LogP contribution in [-0.4, -0.2) is 48.0 Å². The van der Waals surface area contributed by atoms with Crippen molar-refractivity contribution in [3.63, 3.8) is 0 Å². The molecular formula is C25H49ClNO3+. The number of quaternary nitrogens is 1. The number of carbonyl (C=O) groups is 2. The lowest BCUT2D eigenvalue weighted by Gasteiger charge is -2.30. The molecule has 178 valence electrons. The Morgan fingerprint density at radius 1 is 0.733 bits per heavy atom. The van der Waals surface area contributed by atoms with Gasteiger partial charge < -0.3 is 9.59 Å². The molecule has 0 fully saturated rings. The lowest BCUT2D eigenvalue weighted by atomic mass is 9.95. The number of alkyl halides is 1. The first kappa shape index (κ1) is 29.4. The van der Waals surface area contributed by atoms with Crippen LogP contribution >= 0.6 is 11.6 Å². The van der Waals surface area contributed by atoms with Gasteiger partial charge in [0.15, 0.2) is 5.50 Å². The molecule has 0 saturated heterocycles. The average molecular weight is 447 g/mol. The molecule has 0 bridgehead atoms. The zero-order chi connectivity index (χ0) is 22.8. The van der Waals surface area contributed by atoms with E-state index in [-0.39, 0.29) is 17.7 Å². The maximum atomic E-state index is 12.3. The van der Waals surface area contributed by atoms with Crippen LogP contribution in [0.1, 0.15) is 116 Å². The number of unbranched alkanes of at least 4 members (excludes halogenated alkanes) is 14. The second-order valence-electron chi connectivity index (χ2n) is 9.84. The molecule has 0 aliphatic carbocycles. The summed E-state index contributed by atoms with van der Waals surface area (Å²) in [6.07, 6.45) is 19.7. The third-order valence-corrected chi connectivity index (χ3v) is 6.75. The molecule has 0 aromatic rings. The number of hydrogen-bond acceptors (Lipinski definition) is 2. The van der Waals surface area contributed by atoms with E-state index in [2.05, 4.69) is 6.92 Å². The van der Waals surface area contributed by atoms with E-state index in [9.17, 15) is 14.7 Å². The number of Topliss-reactive ketones (excluding diaryl/α,β-unsaturated/α-hetero) is 1. The van der Waals surface area contributed by atoms with E-state index in [0.29, 0.717) is 10.9 Å². The summed E-state index contributed by atoms with van der Waals surface area (Å²) in [5.74, 6) is -2.19. The SMILES string of the molecule is CCCCCCCCCCCCCCCCCC(=O)C(CC(Cl)[N+](C)(C)C)C(=O)O. The fourth-order valence-corrected chi connectivity index (χ4v) is 3.90. The highest BCUT2D eigenvalue weighted by Gasteiger charge is 2.33. The molecule has 5 heteroatoms. The summed E-state index contributed by atoms with van der Waals surface area (Å²) in [7, 11) is 5.74. The number of rotatable bonds is 21. The van der Waals surface area contributed by atoms with Crippen molar-refractivity contribution < 1.29 is 19.2 Å². The van der Waals surface area contributed by atoms with Crippen LogP contribution in [0.3, 0.4) is 0 Å². The predicted octanol–water partition coefficient (Wildman–Crippen LogP) is 7.18. The van der Waals surface area contributed by atoms with Crippen molar-refractivity contribution in [2.24, 2.45) is 5.92 Å². The number of carboxylic acids is 1. The number of carboxylic acid groups (broad SMARTS) is 1. The second-order valence-corrected chi connectivity index (χ2v) is 10.3. The number of hydrogen-bond donors (Lipinski definition) is 1. The van der Waals surface area contributed by atoms with Gasteiger partial charge in [0.05, 0.1) is 21.1 Å². The van der Waals surface area contributed by atoms with E-state index in [1.54, 1.807) is 0 Å². The second kappa shape index (κ2) is 18.0. The van der Waals surface area contributed by atoms with E-state index in [0.717, 1.165) is 19.3 Å². The van der Waals surface area contributed by atoms with Gasteiger partial charge in [0.1, 0.15) is 11.7 Å². The minimum absolute atomic E-state index is 0.170. The van der Waals surface area contributed by atoms with Gasteiger partial charge in [0.2, 0.25) is 0 Å². The lowest BCUT2D eigenvalue weighted by Crippen LogP contribution is -2.44. The van der Waals surface area contributed by atoms with Gasteiger partial charge >= 0.3 is 5.97 Å². The van der Waals surface area contributed by atoms with Crippen molar-refractivity contribution in [2.45, 2.75) is 122 Å². The molecular weight excluding hydrogens is 398 g/mol. The third-order valence-electron chi connectivity index (χ3n) is 5.98. The highest BCUT2D eigenvalue weighted by molar-refractivity contribution is 6.20. The normalized spacial score (nSPS) is 13.9. The molecule has 0 radical (unpaired) electrons. The molecule has 0 aliphatic heterocycles. The summed E-state index contributed by atoms with van der Waals surface area (Å²) >= 11 is 6.29. The van der Waals surface area contributed by atoms with Crippen LogP contribution in [0.4, 0.5) is 0 Å². The monoisotopic (exact) mass is 446 g/mol.